The number of nitrogens with one attached hydrogen (secondary N) is 1. The number of benzene rings is 1. The van der Waals surface area contributed by atoms with Gasteiger partial charge in [-0.05, 0) is 50.3 Å². The first kappa shape index (κ1) is 14.2. The van der Waals surface area contributed by atoms with Crippen molar-refractivity contribution >= 4 is 0 Å². The topological polar surface area (TPSA) is 32.3 Å². The van der Waals surface area contributed by atoms with Crippen LogP contribution in [0.2, 0.25) is 0 Å². The van der Waals surface area contributed by atoms with Crippen molar-refractivity contribution in [1.82, 2.24) is 5.32 Å². The van der Waals surface area contributed by atoms with Gasteiger partial charge in [0.1, 0.15) is 0 Å². The molecule has 2 N–H and O–H groups in total. The highest BCUT2D eigenvalue weighted by Gasteiger charge is 2.06. The molecule has 0 aliphatic heterocycles. The van der Waals surface area contributed by atoms with E-state index in [4.69, 9.17) is 5.11 Å². The van der Waals surface area contributed by atoms with Crippen LogP contribution in [0.1, 0.15) is 43.9 Å². The Labute approximate surface area is 105 Å². The second-order valence-corrected chi connectivity index (χ2v) is 4.96. The SMILES string of the molecule is Cc1ccccc1C(C)NCCCC(C)CO. The summed E-state index contributed by atoms with van der Waals surface area (Å²) in [5.41, 5.74) is 2.72. The third-order valence-electron chi connectivity index (χ3n) is 3.29. The molecule has 1 rings (SSSR count). The van der Waals surface area contributed by atoms with Crippen LogP contribution in [0.15, 0.2) is 24.3 Å². The summed E-state index contributed by atoms with van der Waals surface area (Å²) in [7, 11) is 0. The molecule has 96 valence electrons. The summed E-state index contributed by atoms with van der Waals surface area (Å²) >= 11 is 0. The van der Waals surface area contributed by atoms with Crippen molar-refractivity contribution in [2.24, 2.45) is 5.92 Å². The molecule has 0 heterocycles. The third kappa shape index (κ3) is 4.88. The second-order valence-electron chi connectivity index (χ2n) is 4.96. The van der Waals surface area contributed by atoms with Gasteiger partial charge in [0.15, 0.2) is 0 Å². The second kappa shape index (κ2) is 7.46. The van der Waals surface area contributed by atoms with Crippen LogP contribution in [0, 0.1) is 12.8 Å². The molecule has 2 heteroatoms. The van der Waals surface area contributed by atoms with Crippen molar-refractivity contribution in [3.8, 4) is 0 Å². The molecular weight excluding hydrogens is 210 g/mol. The number of aliphatic hydroxyl groups is 1. The molecule has 0 saturated heterocycles. The largest absolute Gasteiger partial charge is 0.396 e. The van der Waals surface area contributed by atoms with Gasteiger partial charge in [0.05, 0.1) is 0 Å². The Balaban J connectivity index is 2.30. The minimum absolute atomic E-state index is 0.299. The van der Waals surface area contributed by atoms with E-state index in [-0.39, 0.29) is 0 Å². The van der Waals surface area contributed by atoms with Gasteiger partial charge in [0, 0.05) is 12.6 Å². The van der Waals surface area contributed by atoms with Crippen LogP contribution in [0.4, 0.5) is 0 Å². The molecule has 0 amide bonds. The number of aryl methyl sites for hydroxylation is 1. The van der Waals surface area contributed by atoms with Gasteiger partial charge in [-0.25, -0.2) is 0 Å². The Morgan fingerprint density at radius 3 is 2.59 bits per heavy atom. The molecular formula is C15H25NO. The Bertz CT molecular complexity index is 324. The van der Waals surface area contributed by atoms with E-state index in [2.05, 4.69) is 50.4 Å². The van der Waals surface area contributed by atoms with Gasteiger partial charge in [-0.2, -0.15) is 0 Å². The van der Waals surface area contributed by atoms with Gasteiger partial charge in [-0.3, -0.25) is 0 Å². The normalized spacial score (nSPS) is 14.6. The van der Waals surface area contributed by atoms with Crippen molar-refractivity contribution in [1.29, 1.82) is 0 Å². The number of aliphatic hydroxyl groups excluding tert-OH is 1. The summed E-state index contributed by atoms with van der Waals surface area (Å²) in [6, 6.07) is 8.91. The van der Waals surface area contributed by atoms with Crippen molar-refractivity contribution in [3.05, 3.63) is 35.4 Å². The first-order chi connectivity index (χ1) is 8.15. The van der Waals surface area contributed by atoms with E-state index >= 15 is 0 Å². The quantitative estimate of drug-likeness (QED) is 0.712. The molecule has 2 nitrogen and oxygen atoms in total. The predicted octanol–water partition coefficient (Wildman–Crippen LogP) is 3.05. The van der Waals surface area contributed by atoms with E-state index in [0.717, 1.165) is 19.4 Å². The third-order valence-corrected chi connectivity index (χ3v) is 3.29. The summed E-state index contributed by atoms with van der Waals surface area (Å²) in [5, 5.41) is 12.5. The van der Waals surface area contributed by atoms with Crippen LogP contribution in [-0.2, 0) is 0 Å². The number of rotatable bonds is 7. The van der Waals surface area contributed by atoms with Crippen LogP contribution in [0.5, 0.6) is 0 Å². The van der Waals surface area contributed by atoms with Gasteiger partial charge in [0.25, 0.3) is 0 Å². The zero-order chi connectivity index (χ0) is 12.7. The zero-order valence-corrected chi connectivity index (χ0v) is 11.2. The number of hydrogen-bond acceptors (Lipinski definition) is 2. The fraction of sp³-hybridized carbons (Fsp3) is 0.600. The first-order valence-electron chi connectivity index (χ1n) is 6.55. The highest BCUT2D eigenvalue weighted by Crippen LogP contribution is 2.16. The lowest BCUT2D eigenvalue weighted by Crippen LogP contribution is -2.21. The van der Waals surface area contributed by atoms with Crippen LogP contribution < -0.4 is 5.32 Å². The maximum atomic E-state index is 8.94. The van der Waals surface area contributed by atoms with E-state index in [0.29, 0.717) is 18.6 Å². The van der Waals surface area contributed by atoms with Crippen molar-refractivity contribution in [3.63, 3.8) is 0 Å². The summed E-state index contributed by atoms with van der Waals surface area (Å²) in [5.74, 6) is 0.422. The Hall–Kier alpha value is -0.860. The molecule has 0 bridgehead atoms. The van der Waals surface area contributed by atoms with Crippen molar-refractivity contribution in [2.75, 3.05) is 13.2 Å². The summed E-state index contributed by atoms with van der Waals surface area (Å²) in [4.78, 5) is 0. The molecule has 1 aromatic rings. The fourth-order valence-corrected chi connectivity index (χ4v) is 2.04. The van der Waals surface area contributed by atoms with Crippen molar-refractivity contribution in [2.45, 2.75) is 39.7 Å². The highest BCUT2D eigenvalue weighted by molar-refractivity contribution is 5.28. The summed E-state index contributed by atoms with van der Waals surface area (Å²) in [6.45, 7) is 7.76. The molecule has 0 saturated carbocycles. The lowest BCUT2D eigenvalue weighted by atomic mass is 10.0. The van der Waals surface area contributed by atoms with Gasteiger partial charge in [-0.15, -0.1) is 0 Å². The maximum absolute atomic E-state index is 8.94. The monoisotopic (exact) mass is 235 g/mol. The van der Waals surface area contributed by atoms with Crippen LogP contribution in [0.3, 0.4) is 0 Å². The highest BCUT2D eigenvalue weighted by atomic mass is 16.3. The molecule has 2 atom stereocenters. The van der Waals surface area contributed by atoms with E-state index in [1.165, 1.54) is 11.1 Å². The van der Waals surface area contributed by atoms with E-state index < -0.39 is 0 Å². The van der Waals surface area contributed by atoms with Crippen LogP contribution in [0.25, 0.3) is 0 Å². The van der Waals surface area contributed by atoms with E-state index in [9.17, 15) is 0 Å². The smallest absolute Gasteiger partial charge is 0.0456 e. The molecule has 0 aliphatic carbocycles. The van der Waals surface area contributed by atoms with Crippen molar-refractivity contribution < 1.29 is 5.11 Å². The van der Waals surface area contributed by atoms with Gasteiger partial charge in [0.2, 0.25) is 0 Å². The van der Waals surface area contributed by atoms with E-state index in [1.807, 2.05) is 0 Å². The average Bonchev–Trinajstić information content (AvgIpc) is 2.34. The minimum Gasteiger partial charge on any atom is -0.396 e. The average molecular weight is 235 g/mol. The molecule has 17 heavy (non-hydrogen) atoms. The molecule has 0 aliphatic rings. The summed E-state index contributed by atoms with van der Waals surface area (Å²) < 4.78 is 0. The minimum atomic E-state index is 0.299. The van der Waals surface area contributed by atoms with Crippen LogP contribution in [-0.4, -0.2) is 18.3 Å². The predicted molar refractivity (Wildman–Crippen MR) is 73.1 cm³/mol. The number of hydrogen-bond donors (Lipinski definition) is 2. The van der Waals surface area contributed by atoms with Gasteiger partial charge < -0.3 is 10.4 Å². The van der Waals surface area contributed by atoms with Gasteiger partial charge >= 0.3 is 0 Å². The Morgan fingerprint density at radius 2 is 1.94 bits per heavy atom. The Kier molecular flexibility index (Phi) is 6.23. The summed E-state index contributed by atoms with van der Waals surface area (Å²) in [6.07, 6.45) is 2.21. The fourth-order valence-electron chi connectivity index (χ4n) is 2.04. The lowest BCUT2D eigenvalue weighted by Gasteiger charge is -2.17. The maximum Gasteiger partial charge on any atom is 0.0456 e. The van der Waals surface area contributed by atoms with Crippen LogP contribution >= 0.6 is 0 Å². The standard InChI is InChI=1S/C15H25NO/c1-12(11-17)7-6-10-16-14(3)15-9-5-4-8-13(15)2/h4-5,8-9,12,14,16-17H,6-7,10-11H2,1-3H3. The zero-order valence-electron chi connectivity index (χ0n) is 11.2. The van der Waals surface area contributed by atoms with Gasteiger partial charge in [-0.1, -0.05) is 31.2 Å². The molecule has 1 aromatic carbocycles. The molecule has 0 fully saturated rings. The molecule has 0 radical (unpaired) electrons. The first-order valence-corrected chi connectivity index (χ1v) is 6.55. The molecule has 2 unspecified atom stereocenters. The Morgan fingerprint density at radius 1 is 1.24 bits per heavy atom. The molecule has 0 spiro atoms. The van der Waals surface area contributed by atoms with E-state index in [1.54, 1.807) is 0 Å². The lowest BCUT2D eigenvalue weighted by molar-refractivity contribution is 0.227. The molecule has 0 aromatic heterocycles.